The van der Waals surface area contributed by atoms with Crippen molar-refractivity contribution in [1.82, 2.24) is 9.97 Å². The first kappa shape index (κ1) is 13.7. The predicted molar refractivity (Wildman–Crippen MR) is 68.1 cm³/mol. The van der Waals surface area contributed by atoms with Crippen molar-refractivity contribution in [2.45, 2.75) is 33.1 Å². The summed E-state index contributed by atoms with van der Waals surface area (Å²) < 4.78 is 0. The largest absolute Gasteiger partial charge is 0.370 e. The molecular formula is C11H17ClN4O. The molecule has 0 atom stereocenters. The second-order valence-electron chi connectivity index (χ2n) is 3.80. The fourth-order valence-electron chi connectivity index (χ4n) is 1.34. The van der Waals surface area contributed by atoms with Crippen molar-refractivity contribution >= 4 is 23.3 Å². The number of carbonyl (C=O) groups is 1. The fourth-order valence-corrected chi connectivity index (χ4v) is 1.53. The van der Waals surface area contributed by atoms with Gasteiger partial charge in [0.2, 0.25) is 5.91 Å². The first-order valence-corrected chi connectivity index (χ1v) is 5.97. The molecule has 0 saturated carbocycles. The Morgan fingerprint density at radius 3 is 2.76 bits per heavy atom. The number of aryl methyl sites for hydroxylation is 1. The Hall–Kier alpha value is -1.36. The van der Waals surface area contributed by atoms with Gasteiger partial charge in [-0.05, 0) is 13.3 Å². The van der Waals surface area contributed by atoms with Gasteiger partial charge in [-0.1, -0.05) is 18.5 Å². The highest BCUT2D eigenvalue weighted by Crippen LogP contribution is 2.20. The zero-order chi connectivity index (χ0) is 12.8. The summed E-state index contributed by atoms with van der Waals surface area (Å²) in [6, 6.07) is 0. The van der Waals surface area contributed by atoms with E-state index in [4.69, 9.17) is 17.3 Å². The van der Waals surface area contributed by atoms with Crippen LogP contribution in [0.15, 0.2) is 0 Å². The highest BCUT2D eigenvalue weighted by Gasteiger charge is 2.08. The number of carbonyl (C=O) groups excluding carboxylic acids is 1. The number of halogens is 1. The average Bonchev–Trinajstić information content (AvgIpc) is 2.24. The molecule has 5 nitrogen and oxygen atoms in total. The van der Waals surface area contributed by atoms with Gasteiger partial charge in [-0.25, -0.2) is 9.97 Å². The molecule has 1 aromatic rings. The van der Waals surface area contributed by atoms with Gasteiger partial charge < -0.3 is 11.1 Å². The van der Waals surface area contributed by atoms with Gasteiger partial charge in [0.1, 0.15) is 16.8 Å². The van der Waals surface area contributed by atoms with E-state index in [9.17, 15) is 4.79 Å². The topological polar surface area (TPSA) is 80.9 Å². The minimum absolute atomic E-state index is 0.268. The van der Waals surface area contributed by atoms with Crippen LogP contribution in [0.5, 0.6) is 0 Å². The van der Waals surface area contributed by atoms with E-state index < -0.39 is 0 Å². The number of anilines is 1. The minimum atomic E-state index is -0.343. The number of amides is 1. The molecule has 1 amide bonds. The monoisotopic (exact) mass is 256 g/mol. The number of nitrogens with zero attached hydrogens (tertiary/aromatic N) is 2. The van der Waals surface area contributed by atoms with Crippen molar-refractivity contribution in [1.29, 1.82) is 0 Å². The maximum Gasteiger partial charge on any atom is 0.219 e. The smallest absolute Gasteiger partial charge is 0.219 e. The predicted octanol–water partition coefficient (Wildman–Crippen LogP) is 1.68. The summed E-state index contributed by atoms with van der Waals surface area (Å²) in [6.07, 6.45) is 2.01. The van der Waals surface area contributed by atoms with Crippen LogP contribution in [-0.4, -0.2) is 22.4 Å². The Morgan fingerprint density at radius 1 is 1.47 bits per heavy atom. The van der Waals surface area contributed by atoms with E-state index in [1.807, 2.05) is 6.92 Å². The molecule has 0 aromatic carbocycles. The van der Waals surface area contributed by atoms with Crippen LogP contribution in [0.2, 0.25) is 5.15 Å². The van der Waals surface area contributed by atoms with Crippen molar-refractivity contribution in [3.05, 3.63) is 16.5 Å². The van der Waals surface area contributed by atoms with E-state index in [0.29, 0.717) is 23.3 Å². The average molecular weight is 257 g/mol. The van der Waals surface area contributed by atoms with Gasteiger partial charge in [0.15, 0.2) is 0 Å². The van der Waals surface area contributed by atoms with Crippen LogP contribution in [0.25, 0.3) is 0 Å². The Balaban J connectivity index is 2.78. The molecule has 17 heavy (non-hydrogen) atoms. The van der Waals surface area contributed by atoms with Gasteiger partial charge in [-0.15, -0.1) is 0 Å². The van der Waals surface area contributed by atoms with Gasteiger partial charge in [-0.2, -0.15) is 0 Å². The maximum atomic E-state index is 10.6. The fraction of sp³-hybridized carbons (Fsp3) is 0.545. The molecule has 1 heterocycles. The standard InChI is InChI=1S/C11H17ClN4O/c1-3-4-9-15-10(12)7(2)11(16-9)14-6-5-8(13)17/h3-6H2,1-2H3,(H2,13,17)(H,14,15,16). The third-order valence-corrected chi connectivity index (χ3v) is 2.64. The summed E-state index contributed by atoms with van der Waals surface area (Å²) in [4.78, 5) is 19.2. The molecule has 1 aromatic heterocycles. The second-order valence-corrected chi connectivity index (χ2v) is 4.16. The lowest BCUT2D eigenvalue weighted by Crippen LogP contribution is -2.17. The summed E-state index contributed by atoms with van der Waals surface area (Å²) >= 11 is 6.01. The molecule has 0 unspecified atom stereocenters. The molecule has 0 aliphatic rings. The van der Waals surface area contributed by atoms with Gasteiger partial charge in [-0.3, -0.25) is 4.79 Å². The second kappa shape index (κ2) is 6.39. The van der Waals surface area contributed by atoms with E-state index >= 15 is 0 Å². The van der Waals surface area contributed by atoms with Gasteiger partial charge >= 0.3 is 0 Å². The van der Waals surface area contributed by atoms with Crippen molar-refractivity contribution < 1.29 is 4.79 Å². The van der Waals surface area contributed by atoms with Crippen molar-refractivity contribution in [2.24, 2.45) is 5.73 Å². The van der Waals surface area contributed by atoms with Crippen molar-refractivity contribution in [2.75, 3.05) is 11.9 Å². The van der Waals surface area contributed by atoms with E-state index in [1.165, 1.54) is 0 Å². The van der Waals surface area contributed by atoms with Crippen LogP contribution in [0.1, 0.15) is 31.2 Å². The Bertz CT molecular complexity index is 409. The quantitative estimate of drug-likeness (QED) is 0.759. The van der Waals surface area contributed by atoms with Crippen LogP contribution in [-0.2, 0) is 11.2 Å². The molecule has 0 radical (unpaired) electrons. The first-order valence-electron chi connectivity index (χ1n) is 5.59. The molecule has 0 bridgehead atoms. The van der Waals surface area contributed by atoms with Crippen LogP contribution in [0.3, 0.4) is 0 Å². The number of nitrogens with two attached hydrogens (primary N) is 1. The molecule has 3 N–H and O–H groups in total. The number of primary amides is 1. The molecule has 0 saturated heterocycles. The highest BCUT2D eigenvalue weighted by atomic mass is 35.5. The summed E-state index contributed by atoms with van der Waals surface area (Å²) in [5.41, 5.74) is 5.85. The molecule has 0 aliphatic carbocycles. The molecular weight excluding hydrogens is 240 g/mol. The lowest BCUT2D eigenvalue weighted by Gasteiger charge is -2.10. The molecule has 0 spiro atoms. The highest BCUT2D eigenvalue weighted by molar-refractivity contribution is 6.30. The van der Waals surface area contributed by atoms with E-state index in [-0.39, 0.29) is 12.3 Å². The Kier molecular flexibility index (Phi) is 5.15. The summed E-state index contributed by atoms with van der Waals surface area (Å²) in [5, 5.41) is 3.50. The minimum Gasteiger partial charge on any atom is -0.370 e. The SMILES string of the molecule is CCCc1nc(Cl)c(C)c(NCCC(N)=O)n1. The molecule has 1 rings (SSSR count). The molecule has 94 valence electrons. The van der Waals surface area contributed by atoms with Crippen molar-refractivity contribution in [3.8, 4) is 0 Å². The van der Waals surface area contributed by atoms with E-state index in [2.05, 4.69) is 22.2 Å². The summed E-state index contributed by atoms with van der Waals surface area (Å²) in [5.74, 6) is 1.04. The summed E-state index contributed by atoms with van der Waals surface area (Å²) in [6.45, 7) is 4.34. The van der Waals surface area contributed by atoms with Crippen LogP contribution >= 0.6 is 11.6 Å². The number of hydrogen-bond acceptors (Lipinski definition) is 4. The Morgan fingerprint density at radius 2 is 2.18 bits per heavy atom. The van der Waals surface area contributed by atoms with Crippen LogP contribution in [0, 0.1) is 6.92 Å². The maximum absolute atomic E-state index is 10.6. The molecule has 0 aliphatic heterocycles. The lowest BCUT2D eigenvalue weighted by molar-refractivity contribution is -0.117. The zero-order valence-electron chi connectivity index (χ0n) is 10.1. The van der Waals surface area contributed by atoms with E-state index in [1.54, 1.807) is 0 Å². The number of rotatable bonds is 6. The summed E-state index contributed by atoms with van der Waals surface area (Å²) in [7, 11) is 0. The van der Waals surface area contributed by atoms with E-state index in [0.717, 1.165) is 18.4 Å². The van der Waals surface area contributed by atoms with Gasteiger partial charge in [0.25, 0.3) is 0 Å². The van der Waals surface area contributed by atoms with Gasteiger partial charge in [0, 0.05) is 24.9 Å². The number of hydrogen-bond donors (Lipinski definition) is 2. The van der Waals surface area contributed by atoms with Gasteiger partial charge in [0.05, 0.1) is 0 Å². The normalized spacial score (nSPS) is 10.3. The molecule has 6 heteroatoms. The zero-order valence-corrected chi connectivity index (χ0v) is 10.8. The third-order valence-electron chi connectivity index (χ3n) is 2.27. The van der Waals surface area contributed by atoms with Crippen molar-refractivity contribution in [3.63, 3.8) is 0 Å². The first-order chi connectivity index (χ1) is 8.04. The van der Waals surface area contributed by atoms with Crippen LogP contribution < -0.4 is 11.1 Å². The third kappa shape index (κ3) is 4.19. The Labute approximate surface area is 106 Å². The molecule has 0 fully saturated rings. The lowest BCUT2D eigenvalue weighted by atomic mass is 10.3. The number of nitrogens with one attached hydrogen (secondary N) is 1. The number of aromatic nitrogens is 2. The van der Waals surface area contributed by atoms with Crippen LogP contribution in [0.4, 0.5) is 5.82 Å².